The van der Waals surface area contributed by atoms with Gasteiger partial charge in [-0.3, -0.25) is 14.6 Å². The minimum absolute atomic E-state index is 0.292. The van der Waals surface area contributed by atoms with E-state index >= 15 is 0 Å². The molecule has 0 radical (unpaired) electrons. The van der Waals surface area contributed by atoms with Crippen molar-refractivity contribution in [2.24, 2.45) is 0 Å². The normalized spacial score (nSPS) is 11.6. The summed E-state index contributed by atoms with van der Waals surface area (Å²) in [6.45, 7) is 1.98. The molecule has 0 spiro atoms. The second-order valence-corrected chi connectivity index (χ2v) is 5.98. The zero-order valence-electron chi connectivity index (χ0n) is 15.1. The molecule has 0 saturated heterocycles. The molecule has 0 bridgehead atoms. The second-order valence-electron chi connectivity index (χ2n) is 5.98. The molecule has 0 fully saturated rings. The number of amides is 1. The topological polar surface area (TPSA) is 86.1 Å². The van der Waals surface area contributed by atoms with E-state index in [0.29, 0.717) is 12.2 Å². The van der Waals surface area contributed by atoms with E-state index in [0.717, 1.165) is 16.9 Å². The van der Waals surface area contributed by atoms with Gasteiger partial charge in [0.1, 0.15) is 11.8 Å². The summed E-state index contributed by atoms with van der Waals surface area (Å²) in [6, 6.07) is 13.3. The number of aromatic nitrogens is 3. The van der Waals surface area contributed by atoms with Crippen molar-refractivity contribution in [3.05, 3.63) is 76.8 Å². The first-order valence-corrected chi connectivity index (χ1v) is 8.49. The first kappa shape index (κ1) is 18.3. The second kappa shape index (κ2) is 8.27. The average Bonchev–Trinajstić information content (AvgIpc) is 2.72. The van der Waals surface area contributed by atoms with Gasteiger partial charge >= 0.3 is 0 Å². The number of rotatable bonds is 6. The van der Waals surface area contributed by atoms with Crippen molar-refractivity contribution >= 4 is 5.91 Å². The number of hydrogen-bond donors (Lipinski definition) is 1. The molecule has 0 aliphatic carbocycles. The van der Waals surface area contributed by atoms with Crippen LogP contribution in [0.1, 0.15) is 18.5 Å². The molecule has 3 rings (SSSR count). The first-order chi connectivity index (χ1) is 13.1. The molecule has 1 atom stereocenters. The number of nitrogens with one attached hydrogen (secondary N) is 1. The van der Waals surface area contributed by atoms with Crippen LogP contribution in [0.15, 0.2) is 65.7 Å². The summed E-state index contributed by atoms with van der Waals surface area (Å²) in [7, 11) is 1.59. The molecule has 1 aromatic carbocycles. The van der Waals surface area contributed by atoms with Gasteiger partial charge < -0.3 is 10.1 Å². The SMILES string of the molecule is COc1cccc(CNC(=O)C(C)n2nc(-c3ccncc3)ccc2=O)c1. The van der Waals surface area contributed by atoms with Crippen molar-refractivity contribution < 1.29 is 9.53 Å². The Labute approximate surface area is 156 Å². The van der Waals surface area contributed by atoms with E-state index in [2.05, 4.69) is 15.4 Å². The summed E-state index contributed by atoms with van der Waals surface area (Å²) in [5.41, 5.74) is 1.99. The van der Waals surface area contributed by atoms with Crippen LogP contribution < -0.4 is 15.6 Å². The number of hydrogen-bond acceptors (Lipinski definition) is 5. The third-order valence-electron chi connectivity index (χ3n) is 4.15. The molecule has 1 unspecified atom stereocenters. The molecule has 2 aromatic heterocycles. The Morgan fingerprint density at radius 1 is 1.19 bits per heavy atom. The van der Waals surface area contributed by atoms with Crippen LogP contribution in [-0.2, 0) is 11.3 Å². The van der Waals surface area contributed by atoms with Crippen LogP contribution in [0.25, 0.3) is 11.3 Å². The van der Waals surface area contributed by atoms with Crippen LogP contribution in [0.2, 0.25) is 0 Å². The van der Waals surface area contributed by atoms with Gasteiger partial charge in [0.15, 0.2) is 0 Å². The highest BCUT2D eigenvalue weighted by Gasteiger charge is 2.18. The van der Waals surface area contributed by atoms with Crippen LogP contribution in [0.5, 0.6) is 5.75 Å². The number of benzene rings is 1. The number of pyridine rings is 1. The van der Waals surface area contributed by atoms with E-state index in [1.807, 2.05) is 24.3 Å². The average molecular weight is 364 g/mol. The van der Waals surface area contributed by atoms with E-state index in [1.54, 1.807) is 44.6 Å². The smallest absolute Gasteiger partial charge is 0.267 e. The Kier molecular flexibility index (Phi) is 5.61. The van der Waals surface area contributed by atoms with Gasteiger partial charge in [0.25, 0.3) is 5.56 Å². The van der Waals surface area contributed by atoms with Crippen molar-refractivity contribution in [1.29, 1.82) is 0 Å². The lowest BCUT2D eigenvalue weighted by Crippen LogP contribution is -2.36. The van der Waals surface area contributed by atoms with E-state index in [-0.39, 0.29) is 11.5 Å². The fraction of sp³-hybridized carbons (Fsp3) is 0.200. The Morgan fingerprint density at radius 3 is 2.70 bits per heavy atom. The maximum atomic E-state index is 12.5. The quantitative estimate of drug-likeness (QED) is 0.725. The lowest BCUT2D eigenvalue weighted by molar-refractivity contribution is -0.124. The monoisotopic (exact) mass is 364 g/mol. The minimum atomic E-state index is -0.745. The summed E-state index contributed by atoms with van der Waals surface area (Å²) in [4.78, 5) is 28.7. The molecule has 7 heteroatoms. The van der Waals surface area contributed by atoms with E-state index in [9.17, 15) is 9.59 Å². The molecule has 1 amide bonds. The third-order valence-corrected chi connectivity index (χ3v) is 4.15. The highest BCUT2D eigenvalue weighted by molar-refractivity contribution is 5.79. The van der Waals surface area contributed by atoms with Crippen LogP contribution in [0.3, 0.4) is 0 Å². The molecule has 7 nitrogen and oxygen atoms in total. The summed E-state index contributed by atoms with van der Waals surface area (Å²) in [6.07, 6.45) is 3.30. The van der Waals surface area contributed by atoms with E-state index in [1.165, 1.54) is 10.7 Å². The number of methoxy groups -OCH3 is 1. The molecule has 3 aromatic rings. The first-order valence-electron chi connectivity index (χ1n) is 8.49. The standard InChI is InChI=1S/C20H20N4O3/c1-14(20(26)22-13-15-4-3-5-17(12-15)27-2)24-19(25)7-6-18(23-24)16-8-10-21-11-9-16/h3-12,14H,13H2,1-2H3,(H,22,26). The van der Waals surface area contributed by atoms with Gasteiger partial charge in [-0.15, -0.1) is 0 Å². The molecule has 1 N–H and O–H groups in total. The molecule has 0 saturated carbocycles. The van der Waals surface area contributed by atoms with Gasteiger partial charge in [0, 0.05) is 30.6 Å². The third kappa shape index (κ3) is 4.38. The van der Waals surface area contributed by atoms with Crippen molar-refractivity contribution in [3.63, 3.8) is 0 Å². The zero-order chi connectivity index (χ0) is 19.2. The van der Waals surface area contributed by atoms with Crippen LogP contribution >= 0.6 is 0 Å². The summed E-state index contributed by atoms with van der Waals surface area (Å²) in [5.74, 6) is 0.428. The zero-order valence-corrected chi connectivity index (χ0v) is 15.1. The van der Waals surface area contributed by atoms with Gasteiger partial charge in [-0.1, -0.05) is 12.1 Å². The van der Waals surface area contributed by atoms with E-state index in [4.69, 9.17) is 4.74 Å². The van der Waals surface area contributed by atoms with Crippen LogP contribution in [-0.4, -0.2) is 27.8 Å². The fourth-order valence-electron chi connectivity index (χ4n) is 2.61. The molecular weight excluding hydrogens is 344 g/mol. The molecule has 0 aliphatic heterocycles. The molecule has 138 valence electrons. The molecular formula is C20H20N4O3. The Hall–Kier alpha value is -3.48. The minimum Gasteiger partial charge on any atom is -0.497 e. The molecule has 27 heavy (non-hydrogen) atoms. The number of carbonyl (C=O) groups excluding carboxylic acids is 1. The van der Waals surface area contributed by atoms with Crippen molar-refractivity contribution in [2.75, 3.05) is 7.11 Å². The lowest BCUT2D eigenvalue weighted by atomic mass is 10.2. The van der Waals surface area contributed by atoms with Crippen molar-refractivity contribution in [2.45, 2.75) is 19.5 Å². The summed E-state index contributed by atoms with van der Waals surface area (Å²) in [5, 5.41) is 7.17. The summed E-state index contributed by atoms with van der Waals surface area (Å²) < 4.78 is 6.37. The number of ether oxygens (including phenoxy) is 1. The van der Waals surface area contributed by atoms with Gasteiger partial charge in [0.05, 0.1) is 12.8 Å². The van der Waals surface area contributed by atoms with Crippen molar-refractivity contribution in [3.8, 4) is 17.0 Å². The fourth-order valence-corrected chi connectivity index (χ4v) is 2.61. The predicted octanol–water partition coefficient (Wildman–Crippen LogP) is 2.19. The maximum Gasteiger partial charge on any atom is 0.267 e. The van der Waals surface area contributed by atoms with Crippen molar-refractivity contribution in [1.82, 2.24) is 20.1 Å². The number of nitrogens with zero attached hydrogens (tertiary/aromatic N) is 3. The largest absolute Gasteiger partial charge is 0.497 e. The molecule has 2 heterocycles. The number of carbonyl (C=O) groups is 1. The molecule has 0 aliphatic rings. The highest BCUT2D eigenvalue weighted by Crippen LogP contribution is 2.15. The van der Waals surface area contributed by atoms with Crippen LogP contribution in [0, 0.1) is 0 Å². The summed E-state index contributed by atoms with van der Waals surface area (Å²) >= 11 is 0. The lowest BCUT2D eigenvalue weighted by Gasteiger charge is -2.15. The highest BCUT2D eigenvalue weighted by atomic mass is 16.5. The van der Waals surface area contributed by atoms with Gasteiger partial charge in [-0.25, -0.2) is 4.68 Å². The van der Waals surface area contributed by atoms with Gasteiger partial charge in [-0.05, 0) is 42.8 Å². The van der Waals surface area contributed by atoms with Gasteiger partial charge in [0.2, 0.25) is 5.91 Å². The Morgan fingerprint density at radius 2 is 1.96 bits per heavy atom. The van der Waals surface area contributed by atoms with E-state index < -0.39 is 6.04 Å². The Balaban J connectivity index is 1.75. The Bertz CT molecular complexity index is 986. The predicted molar refractivity (Wildman–Crippen MR) is 101 cm³/mol. The maximum absolute atomic E-state index is 12.5. The van der Waals surface area contributed by atoms with Gasteiger partial charge in [-0.2, -0.15) is 5.10 Å². The van der Waals surface area contributed by atoms with Crippen LogP contribution in [0.4, 0.5) is 0 Å².